The standard InChI is InChI=1S/C16H19ClN2OS/c17-14-4-2-1-3-13(14)16-6-5-12(21-16)9-18-7-11-8-19-10-15(11)20/h1-6,11,15,18-20H,7-10H2. The zero-order chi connectivity index (χ0) is 14.7. The predicted octanol–water partition coefficient (Wildman–Crippen LogP) is 2.74. The van der Waals surface area contributed by atoms with Crippen LogP contribution >= 0.6 is 22.9 Å². The van der Waals surface area contributed by atoms with Crippen LogP contribution in [0.4, 0.5) is 0 Å². The Kier molecular flexibility index (Phi) is 4.93. The van der Waals surface area contributed by atoms with Gasteiger partial charge in [0.05, 0.1) is 6.10 Å². The summed E-state index contributed by atoms with van der Waals surface area (Å²) in [7, 11) is 0. The Hall–Kier alpha value is -0.910. The summed E-state index contributed by atoms with van der Waals surface area (Å²) in [5, 5.41) is 17.2. The Morgan fingerprint density at radius 3 is 2.86 bits per heavy atom. The van der Waals surface area contributed by atoms with Crippen molar-refractivity contribution >= 4 is 22.9 Å². The minimum absolute atomic E-state index is 0.223. The molecule has 112 valence electrons. The number of benzene rings is 1. The number of halogens is 1. The second-order valence-electron chi connectivity index (χ2n) is 5.36. The zero-order valence-corrected chi connectivity index (χ0v) is 13.3. The van der Waals surface area contributed by atoms with Crippen molar-refractivity contribution in [2.45, 2.75) is 12.6 Å². The number of aliphatic hydroxyl groups excluding tert-OH is 1. The molecule has 0 spiro atoms. The molecule has 0 aliphatic carbocycles. The summed E-state index contributed by atoms with van der Waals surface area (Å²) in [4.78, 5) is 2.48. The van der Waals surface area contributed by atoms with E-state index in [1.165, 1.54) is 9.75 Å². The molecule has 0 amide bonds. The second kappa shape index (κ2) is 6.90. The third kappa shape index (κ3) is 3.65. The number of β-amino-alcohol motifs (C(OH)–C–C–N with tert-alkyl or cyclic N) is 1. The predicted molar refractivity (Wildman–Crippen MR) is 88.8 cm³/mol. The summed E-state index contributed by atoms with van der Waals surface area (Å²) in [6.07, 6.45) is -0.223. The quantitative estimate of drug-likeness (QED) is 0.793. The summed E-state index contributed by atoms with van der Waals surface area (Å²) in [6, 6.07) is 12.2. The molecule has 3 rings (SSSR count). The summed E-state index contributed by atoms with van der Waals surface area (Å²) < 4.78 is 0. The molecule has 1 saturated heterocycles. The van der Waals surface area contributed by atoms with Gasteiger partial charge in [-0.3, -0.25) is 0 Å². The van der Waals surface area contributed by atoms with Gasteiger partial charge in [0.15, 0.2) is 0 Å². The molecule has 2 unspecified atom stereocenters. The fourth-order valence-corrected chi connectivity index (χ4v) is 3.90. The van der Waals surface area contributed by atoms with Crippen LogP contribution in [0.1, 0.15) is 4.88 Å². The maximum absolute atomic E-state index is 9.75. The van der Waals surface area contributed by atoms with Crippen molar-refractivity contribution in [2.24, 2.45) is 5.92 Å². The van der Waals surface area contributed by atoms with E-state index in [9.17, 15) is 5.11 Å². The monoisotopic (exact) mass is 322 g/mol. The fraction of sp³-hybridized carbons (Fsp3) is 0.375. The van der Waals surface area contributed by atoms with Crippen LogP contribution < -0.4 is 10.6 Å². The first-order chi connectivity index (χ1) is 10.2. The Bertz CT molecular complexity index is 601. The molecule has 2 aromatic rings. The normalized spacial score (nSPS) is 21.8. The van der Waals surface area contributed by atoms with Gasteiger partial charge in [0.1, 0.15) is 0 Å². The molecular formula is C16H19ClN2OS. The minimum atomic E-state index is -0.223. The molecule has 1 fully saturated rings. The van der Waals surface area contributed by atoms with Gasteiger partial charge in [-0.1, -0.05) is 29.8 Å². The largest absolute Gasteiger partial charge is 0.391 e. The lowest BCUT2D eigenvalue weighted by Gasteiger charge is -2.13. The number of hydrogen-bond donors (Lipinski definition) is 3. The van der Waals surface area contributed by atoms with Gasteiger partial charge in [-0.05, 0) is 18.2 Å². The van der Waals surface area contributed by atoms with E-state index in [1.807, 2.05) is 24.3 Å². The maximum atomic E-state index is 9.75. The number of hydrogen-bond acceptors (Lipinski definition) is 4. The molecule has 1 aromatic carbocycles. The third-order valence-corrected chi connectivity index (χ3v) is 5.26. The molecule has 3 N–H and O–H groups in total. The molecule has 0 radical (unpaired) electrons. The molecule has 2 atom stereocenters. The van der Waals surface area contributed by atoms with Gasteiger partial charge in [-0.15, -0.1) is 11.3 Å². The topological polar surface area (TPSA) is 44.3 Å². The Labute approximate surface area is 134 Å². The highest BCUT2D eigenvalue weighted by atomic mass is 35.5. The lowest BCUT2D eigenvalue weighted by molar-refractivity contribution is 0.146. The van der Waals surface area contributed by atoms with Gasteiger partial charge < -0.3 is 15.7 Å². The molecule has 1 aliphatic heterocycles. The summed E-state index contributed by atoms with van der Waals surface area (Å²) in [6.45, 7) is 3.28. The lowest BCUT2D eigenvalue weighted by atomic mass is 10.1. The van der Waals surface area contributed by atoms with Crippen molar-refractivity contribution in [3.63, 3.8) is 0 Å². The minimum Gasteiger partial charge on any atom is -0.391 e. The van der Waals surface area contributed by atoms with E-state index >= 15 is 0 Å². The van der Waals surface area contributed by atoms with E-state index in [2.05, 4.69) is 22.8 Å². The van der Waals surface area contributed by atoms with Gasteiger partial charge in [0.2, 0.25) is 0 Å². The average Bonchev–Trinajstić information content (AvgIpc) is 3.10. The van der Waals surface area contributed by atoms with Crippen LogP contribution in [0.25, 0.3) is 10.4 Å². The summed E-state index contributed by atoms with van der Waals surface area (Å²) >= 11 is 7.99. The Balaban J connectivity index is 1.57. The van der Waals surface area contributed by atoms with Crippen LogP contribution in [0.2, 0.25) is 5.02 Å². The van der Waals surface area contributed by atoms with Gasteiger partial charge >= 0.3 is 0 Å². The zero-order valence-electron chi connectivity index (χ0n) is 11.7. The van der Waals surface area contributed by atoms with Crippen LogP contribution in [0.5, 0.6) is 0 Å². The molecular weight excluding hydrogens is 304 g/mol. The van der Waals surface area contributed by atoms with E-state index < -0.39 is 0 Å². The van der Waals surface area contributed by atoms with E-state index in [1.54, 1.807) is 11.3 Å². The van der Waals surface area contributed by atoms with Crippen molar-refractivity contribution < 1.29 is 5.11 Å². The van der Waals surface area contributed by atoms with Crippen LogP contribution in [-0.2, 0) is 6.54 Å². The van der Waals surface area contributed by atoms with Gasteiger partial charge in [-0.2, -0.15) is 0 Å². The van der Waals surface area contributed by atoms with Crippen molar-refractivity contribution in [1.29, 1.82) is 0 Å². The number of nitrogens with one attached hydrogen (secondary N) is 2. The first-order valence-corrected chi connectivity index (χ1v) is 8.36. The smallest absolute Gasteiger partial charge is 0.0716 e. The van der Waals surface area contributed by atoms with Crippen molar-refractivity contribution in [3.05, 3.63) is 46.3 Å². The van der Waals surface area contributed by atoms with Gasteiger partial charge in [0.25, 0.3) is 0 Å². The lowest BCUT2D eigenvalue weighted by Crippen LogP contribution is -2.29. The molecule has 1 aliphatic rings. The second-order valence-corrected chi connectivity index (χ2v) is 6.94. The molecule has 3 nitrogen and oxygen atoms in total. The highest BCUT2D eigenvalue weighted by molar-refractivity contribution is 7.15. The number of thiophene rings is 1. The first-order valence-electron chi connectivity index (χ1n) is 7.17. The van der Waals surface area contributed by atoms with Crippen LogP contribution in [0.3, 0.4) is 0 Å². The van der Waals surface area contributed by atoms with E-state index in [-0.39, 0.29) is 6.10 Å². The summed E-state index contributed by atoms with van der Waals surface area (Å²) in [5.74, 6) is 0.313. The summed E-state index contributed by atoms with van der Waals surface area (Å²) in [5.41, 5.74) is 1.09. The van der Waals surface area contributed by atoms with Crippen molar-refractivity contribution in [3.8, 4) is 10.4 Å². The Morgan fingerprint density at radius 1 is 1.24 bits per heavy atom. The van der Waals surface area contributed by atoms with E-state index in [0.717, 1.165) is 30.2 Å². The van der Waals surface area contributed by atoms with Crippen LogP contribution in [-0.4, -0.2) is 30.8 Å². The fourth-order valence-electron chi connectivity index (χ4n) is 2.59. The van der Waals surface area contributed by atoms with E-state index in [0.29, 0.717) is 12.5 Å². The van der Waals surface area contributed by atoms with Crippen molar-refractivity contribution in [2.75, 3.05) is 19.6 Å². The van der Waals surface area contributed by atoms with Gasteiger partial charge in [-0.25, -0.2) is 0 Å². The van der Waals surface area contributed by atoms with Crippen molar-refractivity contribution in [1.82, 2.24) is 10.6 Å². The molecule has 1 aromatic heterocycles. The highest BCUT2D eigenvalue weighted by Gasteiger charge is 2.24. The maximum Gasteiger partial charge on any atom is 0.0716 e. The van der Waals surface area contributed by atoms with E-state index in [4.69, 9.17) is 11.6 Å². The molecule has 0 bridgehead atoms. The third-order valence-electron chi connectivity index (χ3n) is 3.81. The molecule has 21 heavy (non-hydrogen) atoms. The SMILES string of the molecule is OC1CNCC1CNCc1ccc(-c2ccccc2Cl)s1. The van der Waals surface area contributed by atoms with Gasteiger partial charge in [0, 0.05) is 52.4 Å². The molecule has 2 heterocycles. The van der Waals surface area contributed by atoms with Crippen LogP contribution in [0, 0.1) is 5.92 Å². The first kappa shape index (κ1) is 15.0. The average molecular weight is 323 g/mol. The van der Waals surface area contributed by atoms with Crippen LogP contribution in [0.15, 0.2) is 36.4 Å². The number of rotatable bonds is 5. The number of aliphatic hydroxyl groups is 1. The highest BCUT2D eigenvalue weighted by Crippen LogP contribution is 2.33. The molecule has 0 saturated carbocycles. The molecule has 5 heteroatoms. The Morgan fingerprint density at radius 2 is 2.10 bits per heavy atom.